The fourth-order valence-corrected chi connectivity index (χ4v) is 1.67. The molecule has 0 saturated heterocycles. The Labute approximate surface area is 95.9 Å². The van der Waals surface area contributed by atoms with Crippen LogP contribution in [0.15, 0.2) is 24.4 Å². The summed E-state index contributed by atoms with van der Waals surface area (Å²) in [5.41, 5.74) is 2.52. The Hall–Kier alpha value is -0.720. The molecule has 0 heterocycles. The predicted octanol–water partition coefficient (Wildman–Crippen LogP) is 4.08. The highest BCUT2D eigenvalue weighted by molar-refractivity contribution is 4.99. The van der Waals surface area contributed by atoms with Gasteiger partial charge in [-0.15, -0.1) is 6.58 Å². The Morgan fingerprint density at radius 3 is 2.13 bits per heavy atom. The monoisotopic (exact) mass is 209 g/mol. The lowest BCUT2D eigenvalue weighted by Crippen LogP contribution is -2.25. The zero-order valence-electron chi connectivity index (χ0n) is 11.1. The molecule has 0 aliphatic rings. The first-order valence-corrected chi connectivity index (χ1v) is 5.88. The fourth-order valence-electron chi connectivity index (χ4n) is 1.67. The van der Waals surface area contributed by atoms with Crippen LogP contribution in [-0.2, 0) is 0 Å². The van der Waals surface area contributed by atoms with Crippen LogP contribution in [0.3, 0.4) is 0 Å². The van der Waals surface area contributed by atoms with E-state index in [2.05, 4.69) is 52.8 Å². The van der Waals surface area contributed by atoms with Crippen molar-refractivity contribution >= 4 is 0 Å². The van der Waals surface area contributed by atoms with Gasteiger partial charge in [-0.3, -0.25) is 0 Å². The molecule has 1 heteroatoms. The predicted molar refractivity (Wildman–Crippen MR) is 69.8 cm³/mol. The molecule has 0 spiro atoms. The minimum absolute atomic E-state index is 0.561. The van der Waals surface area contributed by atoms with E-state index in [0.717, 1.165) is 19.4 Å². The molecule has 0 N–H and O–H groups in total. The number of rotatable bonds is 7. The second-order valence-corrected chi connectivity index (χ2v) is 5.16. The molecule has 0 aliphatic carbocycles. The molecule has 0 radical (unpaired) electrons. The van der Waals surface area contributed by atoms with Gasteiger partial charge in [0.05, 0.1) is 0 Å². The Morgan fingerprint density at radius 1 is 1.20 bits per heavy atom. The van der Waals surface area contributed by atoms with Gasteiger partial charge in [-0.05, 0) is 31.6 Å². The third-order valence-electron chi connectivity index (χ3n) is 2.70. The highest BCUT2D eigenvalue weighted by Crippen LogP contribution is 2.20. The van der Waals surface area contributed by atoms with Crippen LogP contribution in [0.1, 0.15) is 40.5 Å². The highest BCUT2D eigenvalue weighted by Gasteiger charge is 2.11. The van der Waals surface area contributed by atoms with E-state index >= 15 is 0 Å². The first kappa shape index (κ1) is 14.3. The maximum Gasteiger partial charge on any atom is 0.0194 e. The molecule has 1 atom stereocenters. The van der Waals surface area contributed by atoms with Crippen molar-refractivity contribution in [2.45, 2.75) is 40.5 Å². The van der Waals surface area contributed by atoms with E-state index in [-0.39, 0.29) is 0 Å². The van der Waals surface area contributed by atoms with Gasteiger partial charge >= 0.3 is 0 Å². The van der Waals surface area contributed by atoms with Crippen molar-refractivity contribution in [1.82, 2.24) is 4.90 Å². The lowest BCUT2D eigenvalue weighted by molar-refractivity contribution is 0.321. The first-order valence-electron chi connectivity index (χ1n) is 5.88. The van der Waals surface area contributed by atoms with Crippen molar-refractivity contribution in [1.29, 1.82) is 0 Å². The standard InChI is InChI=1S/C14H27N/c1-11(2)8-9-13(5)14(6)15(7)10-12(3)4/h12-13H,1,6,8-10H2,2-5,7H3. The topological polar surface area (TPSA) is 3.24 Å². The van der Waals surface area contributed by atoms with E-state index in [4.69, 9.17) is 0 Å². The van der Waals surface area contributed by atoms with E-state index in [1.165, 1.54) is 11.3 Å². The van der Waals surface area contributed by atoms with Gasteiger partial charge in [0.15, 0.2) is 0 Å². The summed E-state index contributed by atoms with van der Waals surface area (Å²) in [7, 11) is 2.14. The van der Waals surface area contributed by atoms with E-state index in [1.54, 1.807) is 0 Å². The molecule has 0 fully saturated rings. The van der Waals surface area contributed by atoms with Crippen LogP contribution >= 0.6 is 0 Å². The van der Waals surface area contributed by atoms with E-state index in [9.17, 15) is 0 Å². The van der Waals surface area contributed by atoms with Gasteiger partial charge in [0.2, 0.25) is 0 Å². The molecular formula is C14H27N. The molecule has 88 valence electrons. The quantitative estimate of drug-likeness (QED) is 0.571. The number of hydrogen-bond acceptors (Lipinski definition) is 1. The van der Waals surface area contributed by atoms with Gasteiger partial charge in [-0.25, -0.2) is 0 Å². The molecule has 1 unspecified atom stereocenters. The zero-order chi connectivity index (χ0) is 12.0. The molecule has 0 aliphatic heterocycles. The Balaban J connectivity index is 4.01. The maximum atomic E-state index is 4.18. The van der Waals surface area contributed by atoms with Crippen LogP contribution in [-0.4, -0.2) is 18.5 Å². The Morgan fingerprint density at radius 2 is 1.73 bits per heavy atom. The van der Waals surface area contributed by atoms with Gasteiger partial charge in [0.1, 0.15) is 0 Å². The van der Waals surface area contributed by atoms with E-state index in [0.29, 0.717) is 11.8 Å². The maximum absolute atomic E-state index is 4.18. The Kier molecular flexibility index (Phi) is 6.38. The minimum Gasteiger partial charge on any atom is -0.378 e. The van der Waals surface area contributed by atoms with Crippen LogP contribution in [0.25, 0.3) is 0 Å². The fraction of sp³-hybridized carbons (Fsp3) is 0.714. The molecule has 0 aromatic rings. The summed E-state index contributed by atoms with van der Waals surface area (Å²) in [6, 6.07) is 0. The molecule has 0 bridgehead atoms. The van der Waals surface area contributed by atoms with E-state index in [1.807, 2.05) is 0 Å². The van der Waals surface area contributed by atoms with Crippen LogP contribution < -0.4 is 0 Å². The molecule has 0 amide bonds. The summed E-state index contributed by atoms with van der Waals surface area (Å²) in [4.78, 5) is 2.29. The second-order valence-electron chi connectivity index (χ2n) is 5.16. The van der Waals surface area contributed by atoms with Gasteiger partial charge in [0.25, 0.3) is 0 Å². The summed E-state index contributed by atoms with van der Waals surface area (Å²) >= 11 is 0. The average Bonchev–Trinajstić information content (AvgIpc) is 2.11. The van der Waals surface area contributed by atoms with Crippen molar-refractivity contribution in [2.24, 2.45) is 11.8 Å². The van der Waals surface area contributed by atoms with Crippen LogP contribution in [0, 0.1) is 11.8 Å². The summed E-state index contributed by atoms with van der Waals surface area (Å²) in [6.45, 7) is 18.0. The molecule has 1 nitrogen and oxygen atoms in total. The van der Waals surface area contributed by atoms with E-state index < -0.39 is 0 Å². The van der Waals surface area contributed by atoms with Gasteiger partial charge in [0, 0.05) is 19.3 Å². The van der Waals surface area contributed by atoms with Crippen molar-refractivity contribution in [2.75, 3.05) is 13.6 Å². The lowest BCUT2D eigenvalue weighted by atomic mass is 9.99. The number of nitrogens with zero attached hydrogens (tertiary/aromatic N) is 1. The van der Waals surface area contributed by atoms with Crippen LogP contribution in [0.2, 0.25) is 0 Å². The Bertz CT molecular complexity index is 215. The van der Waals surface area contributed by atoms with Gasteiger partial charge in [-0.2, -0.15) is 0 Å². The largest absolute Gasteiger partial charge is 0.378 e. The SMILES string of the molecule is C=C(C)CCC(C)C(=C)N(C)CC(C)C. The number of allylic oxidation sites excluding steroid dienone is 2. The summed E-state index contributed by atoms with van der Waals surface area (Å²) in [5, 5.41) is 0. The third kappa shape index (κ3) is 6.38. The van der Waals surface area contributed by atoms with Crippen LogP contribution in [0.5, 0.6) is 0 Å². The minimum atomic E-state index is 0.561. The molecule has 0 saturated carbocycles. The third-order valence-corrected chi connectivity index (χ3v) is 2.70. The van der Waals surface area contributed by atoms with Crippen molar-refractivity contribution in [3.8, 4) is 0 Å². The second kappa shape index (κ2) is 6.71. The van der Waals surface area contributed by atoms with Gasteiger partial charge in [-0.1, -0.05) is 32.9 Å². The zero-order valence-corrected chi connectivity index (χ0v) is 11.1. The summed E-state index contributed by atoms with van der Waals surface area (Å²) in [6.07, 6.45) is 2.27. The molecular weight excluding hydrogens is 182 g/mol. The summed E-state index contributed by atoms with van der Waals surface area (Å²) < 4.78 is 0. The average molecular weight is 209 g/mol. The first-order chi connectivity index (χ1) is 6.84. The van der Waals surface area contributed by atoms with Crippen molar-refractivity contribution in [3.63, 3.8) is 0 Å². The van der Waals surface area contributed by atoms with Crippen molar-refractivity contribution in [3.05, 3.63) is 24.4 Å². The molecule has 15 heavy (non-hydrogen) atoms. The molecule has 0 rings (SSSR count). The molecule has 0 aromatic carbocycles. The normalized spacial score (nSPS) is 12.7. The summed E-state index contributed by atoms with van der Waals surface area (Å²) in [5.74, 6) is 1.26. The number of hydrogen-bond donors (Lipinski definition) is 0. The van der Waals surface area contributed by atoms with Crippen LogP contribution in [0.4, 0.5) is 0 Å². The molecule has 0 aromatic heterocycles. The smallest absolute Gasteiger partial charge is 0.0194 e. The highest BCUT2D eigenvalue weighted by atomic mass is 15.1. The van der Waals surface area contributed by atoms with Gasteiger partial charge < -0.3 is 4.90 Å². The van der Waals surface area contributed by atoms with Crippen molar-refractivity contribution < 1.29 is 0 Å². The lowest BCUT2D eigenvalue weighted by Gasteiger charge is -2.28.